The summed E-state index contributed by atoms with van der Waals surface area (Å²) < 4.78 is 16.2. The highest BCUT2D eigenvalue weighted by molar-refractivity contribution is 6.39. The number of halogens is 1. The van der Waals surface area contributed by atoms with Gasteiger partial charge in [-0.15, -0.1) is 0 Å². The lowest BCUT2D eigenvalue weighted by Gasteiger charge is -2.26. The minimum absolute atomic E-state index is 0.153. The normalized spacial score (nSPS) is 15.9. The second-order valence-corrected chi connectivity index (χ2v) is 9.18. The van der Waals surface area contributed by atoms with Gasteiger partial charge < -0.3 is 4.57 Å². The summed E-state index contributed by atoms with van der Waals surface area (Å²) in [7, 11) is 0. The van der Waals surface area contributed by atoms with Crippen molar-refractivity contribution in [3.63, 3.8) is 0 Å². The number of para-hydroxylation sites is 1. The third kappa shape index (κ3) is 4.56. The fourth-order valence-electron chi connectivity index (χ4n) is 4.57. The van der Waals surface area contributed by atoms with Gasteiger partial charge in [-0.25, -0.2) is 14.1 Å². The number of benzene rings is 3. The minimum Gasteiger partial charge on any atom is -0.342 e. The molecular weight excluding hydrogens is 469 g/mol. The van der Waals surface area contributed by atoms with E-state index < -0.39 is 17.8 Å². The van der Waals surface area contributed by atoms with E-state index in [1.54, 1.807) is 36.5 Å². The van der Waals surface area contributed by atoms with Gasteiger partial charge in [0, 0.05) is 28.2 Å². The summed E-state index contributed by atoms with van der Waals surface area (Å²) >= 11 is 0. The van der Waals surface area contributed by atoms with E-state index in [0.29, 0.717) is 22.7 Å². The molecule has 1 fully saturated rings. The van der Waals surface area contributed by atoms with E-state index in [0.717, 1.165) is 27.8 Å². The monoisotopic (exact) mass is 495 g/mol. The zero-order valence-corrected chi connectivity index (χ0v) is 20.6. The number of nitrogens with zero attached hydrogens (tertiary/aromatic N) is 2. The van der Waals surface area contributed by atoms with Crippen molar-refractivity contribution in [3.05, 3.63) is 107 Å². The lowest BCUT2D eigenvalue weighted by atomic mass is 9.98. The second kappa shape index (κ2) is 9.85. The lowest BCUT2D eigenvalue weighted by molar-refractivity contribution is -0.122. The first-order chi connectivity index (χ1) is 17.9. The van der Waals surface area contributed by atoms with Gasteiger partial charge in [-0.3, -0.25) is 14.9 Å². The van der Waals surface area contributed by atoms with Crippen LogP contribution in [-0.2, 0) is 16.1 Å². The van der Waals surface area contributed by atoms with Crippen LogP contribution >= 0.6 is 0 Å². The molecule has 0 spiro atoms. The second-order valence-electron chi connectivity index (χ2n) is 9.18. The quantitative estimate of drug-likeness (QED) is 0.263. The Bertz CT molecular complexity index is 1550. The Labute approximate surface area is 214 Å². The Kier molecular flexibility index (Phi) is 6.44. The molecule has 1 atom stereocenters. The van der Waals surface area contributed by atoms with E-state index in [1.807, 2.05) is 41.0 Å². The predicted molar refractivity (Wildman–Crippen MR) is 142 cm³/mol. The van der Waals surface area contributed by atoms with Gasteiger partial charge >= 0.3 is 6.03 Å². The lowest BCUT2D eigenvalue weighted by Crippen LogP contribution is -2.54. The summed E-state index contributed by atoms with van der Waals surface area (Å²) in [5.41, 5.74) is 3.30. The fraction of sp³-hybridized carbons (Fsp3) is 0.167. The number of imide groups is 2. The van der Waals surface area contributed by atoms with Crippen molar-refractivity contribution in [2.24, 2.45) is 0 Å². The summed E-state index contributed by atoms with van der Waals surface area (Å²) in [5.74, 6) is -1.42. The molecule has 0 bridgehead atoms. The van der Waals surface area contributed by atoms with E-state index in [-0.39, 0.29) is 17.9 Å². The Morgan fingerprint density at radius 1 is 0.946 bits per heavy atom. The third-order valence-corrected chi connectivity index (χ3v) is 6.85. The molecule has 2 heterocycles. The summed E-state index contributed by atoms with van der Waals surface area (Å²) in [6, 6.07) is 20.5. The standard InChI is InChI=1S/C30H26FN3O3/c1-3-19(2)20-12-14-23(15-13-20)34-29(36)25(28(35)32-30(34)37)16-22-18-33(27-11-7-5-9-24(22)27)17-21-8-4-6-10-26(21)31/h4-16,18-19H,3,17H2,1-2H3,(H,32,35,37)/b25-16+/t19-/m0/s1. The Balaban J connectivity index is 1.53. The van der Waals surface area contributed by atoms with Gasteiger partial charge in [0.25, 0.3) is 11.8 Å². The van der Waals surface area contributed by atoms with Gasteiger partial charge in [0.05, 0.1) is 12.2 Å². The number of carbonyl (C=O) groups excluding carboxylic acids is 3. The average Bonchev–Trinajstić information content (AvgIpc) is 3.25. The highest BCUT2D eigenvalue weighted by Gasteiger charge is 2.37. The number of rotatable bonds is 6. The van der Waals surface area contributed by atoms with Crippen molar-refractivity contribution in [1.82, 2.24) is 9.88 Å². The number of hydrogen-bond acceptors (Lipinski definition) is 3. The highest BCUT2D eigenvalue weighted by Crippen LogP contribution is 2.28. The van der Waals surface area contributed by atoms with Crippen molar-refractivity contribution in [2.45, 2.75) is 32.7 Å². The molecule has 1 aliphatic rings. The molecule has 0 unspecified atom stereocenters. The molecule has 4 aromatic rings. The molecule has 186 valence electrons. The fourth-order valence-corrected chi connectivity index (χ4v) is 4.57. The van der Waals surface area contributed by atoms with Crippen LogP contribution in [0.2, 0.25) is 0 Å². The van der Waals surface area contributed by atoms with Crippen LogP contribution in [0.25, 0.3) is 17.0 Å². The molecule has 1 saturated heterocycles. The number of nitrogens with one attached hydrogen (secondary N) is 1. The average molecular weight is 496 g/mol. The molecule has 0 aliphatic carbocycles. The molecule has 5 rings (SSSR count). The Hall–Kier alpha value is -4.52. The van der Waals surface area contributed by atoms with Crippen LogP contribution in [0.15, 0.2) is 84.6 Å². The number of urea groups is 1. The summed E-state index contributed by atoms with van der Waals surface area (Å²) in [6.07, 6.45) is 4.24. The molecule has 6 nitrogen and oxygen atoms in total. The van der Waals surface area contributed by atoms with Gasteiger partial charge in [-0.1, -0.05) is 62.4 Å². The van der Waals surface area contributed by atoms with Crippen LogP contribution in [0.3, 0.4) is 0 Å². The van der Waals surface area contributed by atoms with Crippen molar-refractivity contribution in [3.8, 4) is 0 Å². The number of aromatic nitrogens is 1. The molecule has 4 amide bonds. The number of barbiturate groups is 1. The molecule has 3 aromatic carbocycles. The summed E-state index contributed by atoms with van der Waals surface area (Å²) in [4.78, 5) is 39.8. The van der Waals surface area contributed by atoms with Gasteiger partial charge in [0.2, 0.25) is 0 Å². The maximum Gasteiger partial charge on any atom is 0.335 e. The number of anilines is 1. The third-order valence-electron chi connectivity index (χ3n) is 6.85. The zero-order chi connectivity index (χ0) is 26.1. The van der Waals surface area contributed by atoms with Crippen molar-refractivity contribution in [1.29, 1.82) is 0 Å². The SMILES string of the molecule is CC[C@H](C)c1ccc(N2C(=O)NC(=O)/C(=C\c3cn(Cc4ccccc4F)c4ccccc34)C2=O)cc1. The highest BCUT2D eigenvalue weighted by atomic mass is 19.1. The van der Waals surface area contributed by atoms with Crippen LogP contribution in [-0.4, -0.2) is 22.4 Å². The van der Waals surface area contributed by atoms with Crippen LogP contribution in [0.5, 0.6) is 0 Å². The van der Waals surface area contributed by atoms with Crippen molar-refractivity contribution >= 4 is 40.5 Å². The maximum absolute atomic E-state index is 14.3. The predicted octanol–water partition coefficient (Wildman–Crippen LogP) is 6.01. The Morgan fingerprint density at radius 3 is 2.38 bits per heavy atom. The van der Waals surface area contributed by atoms with E-state index in [1.165, 1.54) is 12.1 Å². The van der Waals surface area contributed by atoms with Crippen LogP contribution < -0.4 is 10.2 Å². The van der Waals surface area contributed by atoms with E-state index in [4.69, 9.17) is 0 Å². The van der Waals surface area contributed by atoms with Crippen LogP contribution in [0.1, 0.15) is 42.9 Å². The smallest absolute Gasteiger partial charge is 0.335 e. The molecule has 7 heteroatoms. The number of fused-ring (bicyclic) bond motifs is 1. The van der Waals surface area contributed by atoms with Crippen molar-refractivity contribution < 1.29 is 18.8 Å². The van der Waals surface area contributed by atoms with Gasteiger partial charge in [0.1, 0.15) is 11.4 Å². The Morgan fingerprint density at radius 2 is 1.65 bits per heavy atom. The minimum atomic E-state index is -0.787. The van der Waals surface area contributed by atoms with Crippen LogP contribution in [0.4, 0.5) is 14.9 Å². The molecular formula is C30H26FN3O3. The number of hydrogen-bond donors (Lipinski definition) is 1. The molecule has 1 N–H and O–H groups in total. The maximum atomic E-state index is 14.3. The number of amides is 4. The zero-order valence-electron chi connectivity index (χ0n) is 20.6. The van der Waals surface area contributed by atoms with E-state index in [9.17, 15) is 18.8 Å². The molecule has 1 aliphatic heterocycles. The van der Waals surface area contributed by atoms with Crippen LogP contribution in [0, 0.1) is 5.82 Å². The molecule has 0 radical (unpaired) electrons. The first-order valence-electron chi connectivity index (χ1n) is 12.2. The topological polar surface area (TPSA) is 71.4 Å². The van der Waals surface area contributed by atoms with Gasteiger partial charge in [-0.2, -0.15) is 0 Å². The van der Waals surface area contributed by atoms with E-state index in [2.05, 4.69) is 19.2 Å². The van der Waals surface area contributed by atoms with Crippen molar-refractivity contribution in [2.75, 3.05) is 4.90 Å². The first kappa shape index (κ1) is 24.2. The summed E-state index contributed by atoms with van der Waals surface area (Å²) in [6.45, 7) is 4.48. The van der Waals surface area contributed by atoms with Gasteiger partial charge in [0.15, 0.2) is 0 Å². The van der Waals surface area contributed by atoms with Gasteiger partial charge in [-0.05, 0) is 48.2 Å². The molecule has 0 saturated carbocycles. The molecule has 37 heavy (non-hydrogen) atoms. The summed E-state index contributed by atoms with van der Waals surface area (Å²) in [5, 5.41) is 3.08. The van der Waals surface area contributed by atoms with E-state index >= 15 is 0 Å². The number of carbonyl (C=O) groups is 3. The first-order valence-corrected chi connectivity index (χ1v) is 12.2. The largest absolute Gasteiger partial charge is 0.342 e. The molecule has 1 aromatic heterocycles.